The maximum absolute atomic E-state index is 12.5. The Hall–Kier alpha value is -4.31. The van der Waals surface area contributed by atoms with Crippen molar-refractivity contribution in [3.8, 4) is 5.75 Å². The average molecular weight is 463 g/mol. The van der Waals surface area contributed by atoms with Crippen molar-refractivity contribution in [2.45, 2.75) is 13.0 Å². The highest BCUT2D eigenvalue weighted by molar-refractivity contribution is 5.98. The van der Waals surface area contributed by atoms with Crippen LogP contribution in [0.25, 0.3) is 11.1 Å². The molecule has 2 N–H and O–H groups in total. The fourth-order valence-corrected chi connectivity index (χ4v) is 4.07. The number of carbonyl (C=O) groups is 1. The number of hydrogen-bond acceptors (Lipinski definition) is 2. The third kappa shape index (κ3) is 6.61. The molecule has 0 unspecified atom stereocenters. The summed E-state index contributed by atoms with van der Waals surface area (Å²) >= 11 is 0. The Balaban J connectivity index is 1.61. The Morgan fingerprint density at radius 3 is 1.80 bits per heavy atom. The highest BCUT2D eigenvalue weighted by Gasteiger charge is 2.15. The predicted molar refractivity (Wildman–Crippen MR) is 143 cm³/mol. The monoisotopic (exact) mass is 462 g/mol. The Labute approximate surface area is 207 Å². The van der Waals surface area contributed by atoms with Gasteiger partial charge in [0, 0.05) is 13.1 Å². The summed E-state index contributed by atoms with van der Waals surface area (Å²) in [5.74, 6) is 0.819. The summed E-state index contributed by atoms with van der Waals surface area (Å²) < 4.78 is 5.38. The zero-order chi connectivity index (χ0) is 24.3. The first-order chi connectivity index (χ1) is 17.2. The maximum Gasteiger partial charge on any atom is 0.315 e. The molecule has 0 aliphatic heterocycles. The number of ether oxygens (including phenoxy) is 1. The molecule has 2 amide bonds. The summed E-state index contributed by atoms with van der Waals surface area (Å²) in [5, 5.41) is 5.96. The van der Waals surface area contributed by atoms with Crippen LogP contribution in [0.1, 0.15) is 28.7 Å². The molecule has 0 aromatic heterocycles. The number of methoxy groups -OCH3 is 1. The lowest BCUT2D eigenvalue weighted by atomic mass is 9.88. The predicted octanol–water partition coefficient (Wildman–Crippen LogP) is 6.54. The molecule has 0 saturated heterocycles. The van der Waals surface area contributed by atoms with Gasteiger partial charge in [0.25, 0.3) is 0 Å². The third-order valence-corrected chi connectivity index (χ3v) is 5.82. The van der Waals surface area contributed by atoms with E-state index in [9.17, 15) is 4.79 Å². The van der Waals surface area contributed by atoms with E-state index in [2.05, 4.69) is 59.2 Å². The number of amides is 2. The number of hydrogen-bond donors (Lipinski definition) is 2. The lowest BCUT2D eigenvalue weighted by molar-refractivity contribution is 0.241. The van der Waals surface area contributed by atoms with Gasteiger partial charge in [0.15, 0.2) is 0 Å². The Morgan fingerprint density at radius 2 is 1.20 bits per heavy atom. The number of benzene rings is 4. The second-order valence-electron chi connectivity index (χ2n) is 8.16. The molecular formula is C31H30N2O2. The number of rotatable bonds is 9. The largest absolute Gasteiger partial charge is 0.497 e. The van der Waals surface area contributed by atoms with Crippen molar-refractivity contribution >= 4 is 17.2 Å². The molecule has 0 bridgehead atoms. The molecule has 0 saturated carbocycles. The van der Waals surface area contributed by atoms with Crippen molar-refractivity contribution in [3.05, 3.63) is 138 Å². The van der Waals surface area contributed by atoms with Crippen LogP contribution in [0.2, 0.25) is 0 Å². The topological polar surface area (TPSA) is 50.4 Å². The minimum Gasteiger partial charge on any atom is -0.497 e. The standard InChI is InChI=1S/C31H30N2O2/c1-35-28-19-17-27(18-20-28)30(26-15-9-4-10-16-26)29(25-13-7-3-8-14-25)21-22-32-31(34)33-23-24-11-5-2-6-12-24/h2-20H,21-23H2,1H3,(H2,32,33,34). The summed E-state index contributed by atoms with van der Waals surface area (Å²) in [6, 6.07) is 38.6. The second-order valence-corrected chi connectivity index (χ2v) is 8.16. The SMILES string of the molecule is COc1ccc(C(=C(CCNC(=O)NCc2ccccc2)c2ccccc2)c2ccccc2)cc1. The zero-order valence-electron chi connectivity index (χ0n) is 19.9. The van der Waals surface area contributed by atoms with Gasteiger partial charge in [0.05, 0.1) is 7.11 Å². The molecule has 0 spiro atoms. The van der Waals surface area contributed by atoms with Crippen molar-refractivity contribution in [1.82, 2.24) is 10.6 Å². The smallest absolute Gasteiger partial charge is 0.315 e. The molecule has 4 aromatic rings. The van der Waals surface area contributed by atoms with E-state index in [0.717, 1.165) is 33.6 Å². The van der Waals surface area contributed by atoms with Crippen molar-refractivity contribution in [2.24, 2.45) is 0 Å². The van der Waals surface area contributed by atoms with Gasteiger partial charge in [-0.3, -0.25) is 0 Å². The van der Waals surface area contributed by atoms with Crippen LogP contribution in [0.4, 0.5) is 4.79 Å². The normalized spacial score (nSPS) is 11.3. The van der Waals surface area contributed by atoms with Gasteiger partial charge in [-0.25, -0.2) is 4.79 Å². The van der Waals surface area contributed by atoms with Crippen molar-refractivity contribution in [3.63, 3.8) is 0 Å². The van der Waals surface area contributed by atoms with Crippen LogP contribution in [-0.2, 0) is 6.54 Å². The van der Waals surface area contributed by atoms with Crippen LogP contribution >= 0.6 is 0 Å². The summed E-state index contributed by atoms with van der Waals surface area (Å²) in [5.41, 5.74) is 6.75. The molecule has 4 nitrogen and oxygen atoms in total. The van der Waals surface area contributed by atoms with E-state index in [1.165, 1.54) is 5.57 Å². The van der Waals surface area contributed by atoms with E-state index in [0.29, 0.717) is 19.5 Å². The Morgan fingerprint density at radius 1 is 0.657 bits per heavy atom. The van der Waals surface area contributed by atoms with Crippen LogP contribution < -0.4 is 15.4 Å². The van der Waals surface area contributed by atoms with Crippen LogP contribution in [-0.4, -0.2) is 19.7 Å². The van der Waals surface area contributed by atoms with Crippen LogP contribution in [0.3, 0.4) is 0 Å². The quantitative estimate of drug-likeness (QED) is 0.277. The van der Waals surface area contributed by atoms with Crippen LogP contribution in [0, 0.1) is 0 Å². The molecular weight excluding hydrogens is 432 g/mol. The second kappa shape index (κ2) is 12.2. The van der Waals surface area contributed by atoms with Gasteiger partial charge in [-0.05, 0) is 52.0 Å². The molecule has 176 valence electrons. The summed E-state index contributed by atoms with van der Waals surface area (Å²) in [6.07, 6.45) is 0.680. The van der Waals surface area contributed by atoms with Gasteiger partial charge in [-0.2, -0.15) is 0 Å². The summed E-state index contributed by atoms with van der Waals surface area (Å²) in [4.78, 5) is 12.5. The molecule has 4 rings (SSSR count). The molecule has 4 heteroatoms. The maximum atomic E-state index is 12.5. The molecule has 0 aliphatic carbocycles. The van der Waals surface area contributed by atoms with E-state index in [1.807, 2.05) is 66.7 Å². The van der Waals surface area contributed by atoms with E-state index in [1.54, 1.807) is 7.11 Å². The van der Waals surface area contributed by atoms with Crippen LogP contribution in [0.15, 0.2) is 115 Å². The molecule has 0 fully saturated rings. The Kier molecular flexibility index (Phi) is 8.33. The fraction of sp³-hybridized carbons (Fsp3) is 0.129. The van der Waals surface area contributed by atoms with Crippen molar-refractivity contribution in [2.75, 3.05) is 13.7 Å². The molecule has 35 heavy (non-hydrogen) atoms. The number of carbonyl (C=O) groups excluding carboxylic acids is 1. The van der Waals surface area contributed by atoms with Crippen molar-refractivity contribution < 1.29 is 9.53 Å². The summed E-state index contributed by atoms with van der Waals surface area (Å²) in [6.45, 7) is 1.01. The number of nitrogens with one attached hydrogen (secondary N) is 2. The third-order valence-electron chi connectivity index (χ3n) is 5.82. The van der Waals surface area contributed by atoms with E-state index < -0.39 is 0 Å². The zero-order valence-corrected chi connectivity index (χ0v) is 19.9. The number of urea groups is 1. The van der Waals surface area contributed by atoms with E-state index in [-0.39, 0.29) is 6.03 Å². The van der Waals surface area contributed by atoms with Gasteiger partial charge in [-0.1, -0.05) is 103 Å². The molecule has 0 heterocycles. The fourth-order valence-electron chi connectivity index (χ4n) is 4.07. The summed E-state index contributed by atoms with van der Waals surface area (Å²) in [7, 11) is 1.67. The minimum atomic E-state index is -0.174. The van der Waals surface area contributed by atoms with Gasteiger partial charge >= 0.3 is 6.03 Å². The highest BCUT2D eigenvalue weighted by Crippen LogP contribution is 2.34. The van der Waals surface area contributed by atoms with Gasteiger partial charge in [-0.15, -0.1) is 0 Å². The minimum absolute atomic E-state index is 0.174. The molecule has 0 radical (unpaired) electrons. The molecule has 0 atom stereocenters. The van der Waals surface area contributed by atoms with E-state index in [4.69, 9.17) is 4.74 Å². The first kappa shape index (κ1) is 23.8. The van der Waals surface area contributed by atoms with Gasteiger partial charge in [0.2, 0.25) is 0 Å². The lowest BCUT2D eigenvalue weighted by Crippen LogP contribution is -2.35. The molecule has 4 aromatic carbocycles. The first-order valence-corrected chi connectivity index (χ1v) is 11.8. The lowest BCUT2D eigenvalue weighted by Gasteiger charge is -2.18. The van der Waals surface area contributed by atoms with Gasteiger partial charge in [0.1, 0.15) is 5.75 Å². The van der Waals surface area contributed by atoms with Crippen molar-refractivity contribution in [1.29, 1.82) is 0 Å². The first-order valence-electron chi connectivity index (χ1n) is 11.8. The van der Waals surface area contributed by atoms with Crippen LogP contribution in [0.5, 0.6) is 5.75 Å². The Bertz CT molecular complexity index is 1240. The molecule has 0 aliphatic rings. The highest BCUT2D eigenvalue weighted by atomic mass is 16.5. The van der Waals surface area contributed by atoms with Gasteiger partial charge < -0.3 is 15.4 Å². The average Bonchev–Trinajstić information content (AvgIpc) is 2.93. The van der Waals surface area contributed by atoms with E-state index >= 15 is 0 Å².